The van der Waals surface area contributed by atoms with Crippen molar-refractivity contribution in [3.05, 3.63) is 35.4 Å². The molecule has 0 spiro atoms. The van der Waals surface area contributed by atoms with Crippen LogP contribution in [-0.4, -0.2) is 18.4 Å². The molecule has 0 heterocycles. The average molecular weight is 347 g/mol. The molecule has 0 unspecified atom stereocenters. The number of rotatable bonds is 8. The quantitative estimate of drug-likeness (QED) is 0.747. The Balaban J connectivity index is 2.59. The van der Waals surface area contributed by atoms with Gasteiger partial charge in [0, 0.05) is 18.4 Å². The Kier molecular flexibility index (Phi) is 8.14. The molecule has 140 valence electrons. The first-order valence-electron chi connectivity index (χ1n) is 9.31. The first-order valence-corrected chi connectivity index (χ1v) is 9.31. The highest BCUT2D eigenvalue weighted by Crippen LogP contribution is 2.22. The fourth-order valence-corrected chi connectivity index (χ4v) is 2.62. The number of aryl methyl sites for hydroxylation is 1. The van der Waals surface area contributed by atoms with Crippen LogP contribution in [0.15, 0.2) is 24.3 Å². The Labute approximate surface area is 152 Å². The lowest BCUT2D eigenvalue weighted by Crippen LogP contribution is -2.38. The van der Waals surface area contributed by atoms with Gasteiger partial charge in [-0.3, -0.25) is 9.59 Å². The molecule has 4 heteroatoms. The second-order valence-electron chi connectivity index (χ2n) is 8.04. The fourth-order valence-electron chi connectivity index (χ4n) is 2.62. The average Bonchev–Trinajstić information content (AvgIpc) is 2.52. The Hall–Kier alpha value is -1.84. The summed E-state index contributed by atoms with van der Waals surface area (Å²) in [4.78, 5) is 24.1. The Morgan fingerprint density at radius 1 is 1.08 bits per heavy atom. The molecule has 0 saturated heterocycles. The van der Waals surface area contributed by atoms with E-state index in [1.165, 1.54) is 5.56 Å². The van der Waals surface area contributed by atoms with Crippen LogP contribution < -0.4 is 10.6 Å². The molecular formula is C21H34N2O2. The molecule has 1 atom stereocenters. The molecule has 25 heavy (non-hydrogen) atoms. The van der Waals surface area contributed by atoms with E-state index in [4.69, 9.17) is 0 Å². The normalized spacial score (nSPS) is 12.8. The second kappa shape index (κ2) is 9.59. The van der Waals surface area contributed by atoms with Gasteiger partial charge in [-0.05, 0) is 23.5 Å². The van der Waals surface area contributed by atoms with Crippen LogP contribution in [0.4, 0.5) is 0 Å². The Morgan fingerprint density at radius 2 is 1.68 bits per heavy atom. The van der Waals surface area contributed by atoms with Crippen molar-refractivity contribution in [3.63, 3.8) is 0 Å². The highest BCUT2D eigenvalue weighted by molar-refractivity contribution is 5.82. The molecule has 0 aromatic heterocycles. The molecule has 1 rings (SSSR count). The Bertz CT molecular complexity index is 556. The second-order valence-corrected chi connectivity index (χ2v) is 8.04. The number of carbonyl (C=O) groups is 2. The van der Waals surface area contributed by atoms with E-state index < -0.39 is 5.41 Å². The van der Waals surface area contributed by atoms with Gasteiger partial charge in [0.2, 0.25) is 11.8 Å². The summed E-state index contributed by atoms with van der Waals surface area (Å²) in [6.07, 6.45) is 2.50. The lowest BCUT2D eigenvalue weighted by molar-refractivity contribution is -0.128. The van der Waals surface area contributed by atoms with E-state index in [2.05, 4.69) is 55.7 Å². The third kappa shape index (κ3) is 7.29. The van der Waals surface area contributed by atoms with Crippen molar-refractivity contribution < 1.29 is 9.59 Å². The summed E-state index contributed by atoms with van der Waals surface area (Å²) in [5.74, 6) is 0.225. The van der Waals surface area contributed by atoms with E-state index in [1.807, 2.05) is 20.8 Å². The van der Waals surface area contributed by atoms with Gasteiger partial charge in [-0.1, -0.05) is 72.2 Å². The van der Waals surface area contributed by atoms with Crippen LogP contribution in [0.25, 0.3) is 0 Å². The van der Waals surface area contributed by atoms with Crippen LogP contribution in [-0.2, 0) is 16.0 Å². The summed E-state index contributed by atoms with van der Waals surface area (Å²) in [6, 6.07) is 8.49. The lowest BCUT2D eigenvalue weighted by atomic mass is 9.94. The Morgan fingerprint density at radius 3 is 2.16 bits per heavy atom. The molecule has 1 aromatic carbocycles. The molecule has 0 radical (unpaired) electrons. The molecule has 1 aromatic rings. The highest BCUT2D eigenvalue weighted by atomic mass is 16.2. The zero-order valence-corrected chi connectivity index (χ0v) is 16.6. The molecule has 4 nitrogen and oxygen atoms in total. The predicted molar refractivity (Wildman–Crippen MR) is 103 cm³/mol. The summed E-state index contributed by atoms with van der Waals surface area (Å²) < 4.78 is 0. The largest absolute Gasteiger partial charge is 0.355 e. The molecular weight excluding hydrogens is 312 g/mol. The van der Waals surface area contributed by atoms with Gasteiger partial charge in [-0.15, -0.1) is 0 Å². The lowest BCUT2D eigenvalue weighted by Gasteiger charge is -2.23. The molecule has 2 amide bonds. The van der Waals surface area contributed by atoms with E-state index in [0.717, 1.165) is 18.4 Å². The topological polar surface area (TPSA) is 58.2 Å². The fraction of sp³-hybridized carbons (Fsp3) is 0.619. The number of hydrogen-bond donors (Lipinski definition) is 2. The van der Waals surface area contributed by atoms with Gasteiger partial charge in [0.25, 0.3) is 0 Å². The van der Waals surface area contributed by atoms with Gasteiger partial charge in [-0.2, -0.15) is 0 Å². The van der Waals surface area contributed by atoms with Crippen molar-refractivity contribution in [1.82, 2.24) is 10.6 Å². The van der Waals surface area contributed by atoms with Crippen molar-refractivity contribution >= 4 is 11.8 Å². The molecule has 0 aliphatic heterocycles. The number of amides is 2. The van der Waals surface area contributed by atoms with Gasteiger partial charge < -0.3 is 10.6 Å². The monoisotopic (exact) mass is 346 g/mol. The molecule has 0 aliphatic rings. The number of hydrogen-bond acceptors (Lipinski definition) is 2. The van der Waals surface area contributed by atoms with Crippen molar-refractivity contribution in [3.8, 4) is 0 Å². The minimum absolute atomic E-state index is 0.0125. The third-order valence-corrected chi connectivity index (χ3v) is 4.18. The first-order chi connectivity index (χ1) is 11.6. The molecule has 0 aliphatic carbocycles. The smallest absolute Gasteiger partial charge is 0.225 e. The van der Waals surface area contributed by atoms with Crippen LogP contribution in [0.2, 0.25) is 0 Å². The minimum atomic E-state index is -0.433. The number of carbonyl (C=O) groups excluding carboxylic acids is 2. The van der Waals surface area contributed by atoms with Crippen molar-refractivity contribution in [2.75, 3.05) is 6.54 Å². The highest BCUT2D eigenvalue weighted by Gasteiger charge is 2.21. The molecule has 2 N–H and O–H groups in total. The van der Waals surface area contributed by atoms with Gasteiger partial charge in [-0.25, -0.2) is 0 Å². The maximum absolute atomic E-state index is 12.3. The summed E-state index contributed by atoms with van der Waals surface area (Å²) >= 11 is 0. The van der Waals surface area contributed by atoms with Gasteiger partial charge in [0.05, 0.1) is 6.04 Å². The molecule has 0 fully saturated rings. The van der Waals surface area contributed by atoms with E-state index in [-0.39, 0.29) is 17.9 Å². The van der Waals surface area contributed by atoms with Gasteiger partial charge in [0.15, 0.2) is 0 Å². The number of nitrogens with one attached hydrogen (secondary N) is 2. The van der Waals surface area contributed by atoms with E-state index >= 15 is 0 Å². The van der Waals surface area contributed by atoms with E-state index in [0.29, 0.717) is 18.9 Å². The summed E-state index contributed by atoms with van der Waals surface area (Å²) in [5.41, 5.74) is 2.02. The minimum Gasteiger partial charge on any atom is -0.355 e. The maximum atomic E-state index is 12.3. The summed E-state index contributed by atoms with van der Waals surface area (Å²) in [7, 11) is 0. The molecule has 0 saturated carbocycles. The zero-order chi connectivity index (χ0) is 19.0. The van der Waals surface area contributed by atoms with Crippen molar-refractivity contribution in [1.29, 1.82) is 0 Å². The van der Waals surface area contributed by atoms with Crippen LogP contribution in [0.5, 0.6) is 0 Å². The zero-order valence-electron chi connectivity index (χ0n) is 16.6. The van der Waals surface area contributed by atoms with Crippen LogP contribution in [0.1, 0.15) is 71.6 Å². The first kappa shape index (κ1) is 21.2. The summed E-state index contributed by atoms with van der Waals surface area (Å²) in [6.45, 7) is 12.3. The van der Waals surface area contributed by atoms with Gasteiger partial charge >= 0.3 is 0 Å². The standard InChI is InChI=1S/C21H34N2O2/c1-7-8-16-9-11-17(12-10-16)19(15(2)3)23-18(24)13-14-22-20(25)21(4,5)6/h9-12,15,19H,7-8,13-14H2,1-6H3,(H,22,25)(H,23,24)/t19-/m1/s1. The maximum Gasteiger partial charge on any atom is 0.225 e. The molecule has 0 bridgehead atoms. The van der Waals surface area contributed by atoms with Gasteiger partial charge in [0.1, 0.15) is 0 Å². The predicted octanol–water partition coefficient (Wildman–Crippen LogP) is 4.00. The third-order valence-electron chi connectivity index (χ3n) is 4.18. The van der Waals surface area contributed by atoms with Crippen LogP contribution in [0.3, 0.4) is 0 Å². The van der Waals surface area contributed by atoms with Crippen molar-refractivity contribution in [2.24, 2.45) is 11.3 Å². The van der Waals surface area contributed by atoms with Crippen molar-refractivity contribution in [2.45, 2.75) is 66.8 Å². The summed E-state index contributed by atoms with van der Waals surface area (Å²) in [5, 5.41) is 5.92. The SMILES string of the molecule is CCCc1ccc([C@H](NC(=O)CCNC(=O)C(C)(C)C)C(C)C)cc1. The van der Waals surface area contributed by atoms with Crippen LogP contribution >= 0.6 is 0 Å². The number of benzene rings is 1. The van der Waals surface area contributed by atoms with Crippen LogP contribution in [0, 0.1) is 11.3 Å². The van der Waals surface area contributed by atoms with E-state index in [9.17, 15) is 9.59 Å². The van der Waals surface area contributed by atoms with E-state index in [1.54, 1.807) is 0 Å².